The number of anilines is 1. The van der Waals surface area contributed by atoms with E-state index in [0.29, 0.717) is 12.7 Å². The minimum atomic E-state index is -4.86. The molecule has 2 aliphatic carbocycles. The van der Waals surface area contributed by atoms with Gasteiger partial charge in [0.25, 0.3) is 0 Å². The van der Waals surface area contributed by atoms with E-state index in [2.05, 4.69) is 9.97 Å². The van der Waals surface area contributed by atoms with Gasteiger partial charge in [-0.1, -0.05) is 12.2 Å². The number of aldehydes is 1. The average molecular weight is 455 g/mol. The zero-order chi connectivity index (χ0) is 23.9. The van der Waals surface area contributed by atoms with E-state index >= 15 is 0 Å². The van der Waals surface area contributed by atoms with Crippen LogP contribution < -0.4 is 4.90 Å². The van der Waals surface area contributed by atoms with Crippen molar-refractivity contribution in [1.82, 2.24) is 9.97 Å². The standard InChI is InChI=1S/C22H25F4N3O3/c1-13-27-10-17(18(28-13)22(24,25)26)29(19(31)32-20(2,3)4)12-21(9-15(21)11-30)14-6-5-7-16(23)8-14/h5-7,10-11,14-15H,8-9,12H2,1-4H3/t14?,15-,21+/m0/s1. The number of allylic oxidation sites excluding steroid dienone is 4. The molecular weight excluding hydrogens is 430 g/mol. The first kappa shape index (κ1) is 23.9. The van der Waals surface area contributed by atoms with Crippen molar-refractivity contribution >= 4 is 18.1 Å². The number of aromatic nitrogens is 2. The van der Waals surface area contributed by atoms with Gasteiger partial charge in [-0.05, 0) is 46.1 Å². The molecule has 1 heterocycles. The van der Waals surface area contributed by atoms with Gasteiger partial charge in [0.1, 0.15) is 23.5 Å². The van der Waals surface area contributed by atoms with Crippen molar-refractivity contribution in [2.24, 2.45) is 17.3 Å². The lowest BCUT2D eigenvalue weighted by Crippen LogP contribution is -2.43. The van der Waals surface area contributed by atoms with Gasteiger partial charge in [0.05, 0.1) is 11.9 Å². The monoisotopic (exact) mass is 455 g/mol. The van der Waals surface area contributed by atoms with E-state index < -0.39 is 52.3 Å². The van der Waals surface area contributed by atoms with Crippen LogP contribution in [0.4, 0.5) is 28.0 Å². The molecule has 2 aliphatic rings. The van der Waals surface area contributed by atoms with Crippen LogP contribution in [0.25, 0.3) is 0 Å². The Balaban J connectivity index is 2.07. The zero-order valence-corrected chi connectivity index (χ0v) is 18.2. The first-order valence-electron chi connectivity index (χ1n) is 10.2. The van der Waals surface area contributed by atoms with Crippen molar-refractivity contribution in [3.05, 3.63) is 41.8 Å². The minimum absolute atomic E-state index is 0.000472. The Bertz CT molecular complexity index is 968. The molecule has 1 fully saturated rings. The molecular formula is C22H25F4N3O3. The lowest BCUT2D eigenvalue weighted by atomic mass is 9.81. The minimum Gasteiger partial charge on any atom is -0.443 e. The summed E-state index contributed by atoms with van der Waals surface area (Å²) >= 11 is 0. The fourth-order valence-corrected chi connectivity index (χ4v) is 4.02. The molecule has 0 radical (unpaired) electrons. The third-order valence-corrected chi connectivity index (χ3v) is 5.63. The van der Waals surface area contributed by atoms with Crippen LogP contribution in [0.5, 0.6) is 0 Å². The number of carbonyl (C=O) groups excluding carboxylic acids is 2. The van der Waals surface area contributed by atoms with E-state index in [1.165, 1.54) is 19.1 Å². The number of hydrogen-bond acceptors (Lipinski definition) is 5. The number of hydrogen-bond donors (Lipinski definition) is 0. The number of carbonyl (C=O) groups is 2. The number of aryl methyl sites for hydroxylation is 1. The molecule has 0 spiro atoms. The molecule has 1 aromatic heterocycles. The first-order valence-corrected chi connectivity index (χ1v) is 10.2. The highest BCUT2D eigenvalue weighted by atomic mass is 19.4. The van der Waals surface area contributed by atoms with Crippen molar-refractivity contribution in [1.29, 1.82) is 0 Å². The van der Waals surface area contributed by atoms with Crippen LogP contribution in [0.1, 0.15) is 45.1 Å². The molecule has 3 atom stereocenters. The van der Waals surface area contributed by atoms with Gasteiger partial charge in [0.15, 0.2) is 5.69 Å². The van der Waals surface area contributed by atoms with Crippen LogP contribution in [-0.4, -0.2) is 34.5 Å². The number of ether oxygens (including phenoxy) is 1. The van der Waals surface area contributed by atoms with E-state index in [-0.39, 0.29) is 18.8 Å². The predicted molar refractivity (Wildman–Crippen MR) is 108 cm³/mol. The molecule has 1 aromatic rings. The van der Waals surface area contributed by atoms with Crippen LogP contribution in [0, 0.1) is 24.2 Å². The summed E-state index contributed by atoms with van der Waals surface area (Å²) in [4.78, 5) is 32.9. The van der Waals surface area contributed by atoms with Crippen LogP contribution in [0.15, 0.2) is 30.3 Å². The van der Waals surface area contributed by atoms with E-state index in [0.717, 1.165) is 11.1 Å². The summed E-state index contributed by atoms with van der Waals surface area (Å²) in [6.45, 7) is 5.80. The summed E-state index contributed by atoms with van der Waals surface area (Å²) in [5, 5.41) is 0. The van der Waals surface area contributed by atoms with Crippen LogP contribution in [0.2, 0.25) is 0 Å². The average Bonchev–Trinajstić information content (AvgIpc) is 3.39. The second-order valence-corrected chi connectivity index (χ2v) is 9.20. The molecule has 0 aliphatic heterocycles. The Labute approximate surface area is 183 Å². The third-order valence-electron chi connectivity index (χ3n) is 5.63. The van der Waals surface area contributed by atoms with Crippen molar-refractivity contribution in [3.63, 3.8) is 0 Å². The Kier molecular flexibility index (Phi) is 6.19. The first-order chi connectivity index (χ1) is 14.8. The van der Waals surface area contributed by atoms with Gasteiger partial charge in [-0.25, -0.2) is 19.2 Å². The van der Waals surface area contributed by atoms with Gasteiger partial charge in [0.2, 0.25) is 0 Å². The molecule has 32 heavy (non-hydrogen) atoms. The Morgan fingerprint density at radius 1 is 1.34 bits per heavy atom. The normalized spacial score (nSPS) is 25.2. The summed E-state index contributed by atoms with van der Waals surface area (Å²) in [5.41, 5.74) is -3.75. The highest BCUT2D eigenvalue weighted by Gasteiger charge is 2.60. The van der Waals surface area contributed by atoms with Crippen molar-refractivity contribution in [3.8, 4) is 0 Å². The fourth-order valence-electron chi connectivity index (χ4n) is 4.02. The van der Waals surface area contributed by atoms with Crippen molar-refractivity contribution in [2.75, 3.05) is 11.4 Å². The number of nitrogens with zero attached hydrogens (tertiary/aromatic N) is 3. The molecule has 1 unspecified atom stereocenters. The Morgan fingerprint density at radius 2 is 2.03 bits per heavy atom. The maximum absolute atomic E-state index is 14.0. The second kappa shape index (κ2) is 8.29. The van der Waals surface area contributed by atoms with E-state index in [1.807, 2.05) is 0 Å². The molecule has 174 valence electrons. The van der Waals surface area contributed by atoms with Crippen molar-refractivity contribution < 1.29 is 31.9 Å². The number of halogens is 4. The quantitative estimate of drug-likeness (QED) is 0.452. The predicted octanol–water partition coefficient (Wildman–Crippen LogP) is 5.18. The number of amides is 1. The van der Waals surface area contributed by atoms with Gasteiger partial charge in [0, 0.05) is 24.3 Å². The zero-order valence-electron chi connectivity index (χ0n) is 18.2. The SMILES string of the molecule is Cc1ncc(N(C[C@@]2(C3C=CC=C(F)C3)C[C@H]2C=O)C(=O)OC(C)(C)C)c(C(F)(F)F)n1. The maximum atomic E-state index is 14.0. The summed E-state index contributed by atoms with van der Waals surface area (Å²) < 4.78 is 60.7. The smallest absolute Gasteiger partial charge is 0.435 e. The van der Waals surface area contributed by atoms with Crippen LogP contribution in [-0.2, 0) is 15.7 Å². The van der Waals surface area contributed by atoms with Gasteiger partial charge >= 0.3 is 12.3 Å². The molecule has 0 saturated heterocycles. The Hall–Kier alpha value is -2.78. The lowest BCUT2D eigenvalue weighted by Gasteiger charge is -2.34. The highest BCUT2D eigenvalue weighted by molar-refractivity contribution is 5.89. The van der Waals surface area contributed by atoms with Gasteiger partial charge < -0.3 is 9.53 Å². The molecule has 0 N–H and O–H groups in total. The van der Waals surface area contributed by atoms with Crippen LogP contribution >= 0.6 is 0 Å². The summed E-state index contributed by atoms with van der Waals surface area (Å²) in [5.74, 6) is -1.51. The van der Waals surface area contributed by atoms with Crippen LogP contribution in [0.3, 0.4) is 0 Å². The third kappa shape index (κ3) is 4.99. The molecule has 10 heteroatoms. The van der Waals surface area contributed by atoms with E-state index in [1.54, 1.807) is 26.8 Å². The second-order valence-electron chi connectivity index (χ2n) is 9.20. The molecule has 1 amide bonds. The fraction of sp³-hybridized carbons (Fsp3) is 0.545. The topological polar surface area (TPSA) is 72.4 Å². The molecule has 0 bridgehead atoms. The van der Waals surface area contributed by atoms with Crippen molar-refractivity contribution in [2.45, 2.75) is 52.3 Å². The van der Waals surface area contributed by atoms with E-state index in [9.17, 15) is 27.2 Å². The number of rotatable bonds is 5. The maximum Gasteiger partial charge on any atom is 0.435 e. The summed E-state index contributed by atoms with van der Waals surface area (Å²) in [6, 6.07) is 0. The largest absolute Gasteiger partial charge is 0.443 e. The van der Waals surface area contributed by atoms with E-state index in [4.69, 9.17) is 4.74 Å². The lowest BCUT2D eigenvalue weighted by molar-refractivity contribution is -0.140. The summed E-state index contributed by atoms with van der Waals surface area (Å²) in [7, 11) is 0. The highest BCUT2D eigenvalue weighted by Crippen LogP contribution is 2.60. The Morgan fingerprint density at radius 3 is 2.56 bits per heavy atom. The van der Waals surface area contributed by atoms with Gasteiger partial charge in [-0.2, -0.15) is 13.2 Å². The molecule has 3 rings (SSSR count). The summed E-state index contributed by atoms with van der Waals surface area (Å²) in [6.07, 6.45) is 0.586. The molecule has 1 saturated carbocycles. The number of alkyl halides is 3. The van der Waals surface area contributed by atoms with Gasteiger partial charge in [-0.3, -0.25) is 4.90 Å². The van der Waals surface area contributed by atoms with Gasteiger partial charge in [-0.15, -0.1) is 0 Å². The molecule has 6 nitrogen and oxygen atoms in total. The molecule has 0 aromatic carbocycles.